The molecule has 0 aliphatic rings. The Balaban J connectivity index is 1.66. The fourth-order valence-electron chi connectivity index (χ4n) is 6.95. The van der Waals surface area contributed by atoms with E-state index in [0.29, 0.717) is 12.0 Å². The molecule has 0 bridgehead atoms. The lowest BCUT2D eigenvalue weighted by molar-refractivity contribution is -0.161. The number of carbonyl (C=O) groups excluding carboxylic acids is 3. The van der Waals surface area contributed by atoms with Gasteiger partial charge in [0.1, 0.15) is 13.2 Å². The van der Waals surface area contributed by atoms with E-state index in [-0.39, 0.29) is 31.6 Å². The molecule has 56 heavy (non-hydrogen) atoms. The number of unbranched alkanes of at least 4 members (excludes halogenated alkanes) is 22. The highest BCUT2D eigenvalue weighted by molar-refractivity contribution is 6.04. The van der Waals surface area contributed by atoms with Crippen LogP contribution in [-0.2, 0) is 23.8 Å². The normalized spacial score (nSPS) is 12.1. The van der Waals surface area contributed by atoms with Gasteiger partial charge < -0.3 is 14.2 Å². The van der Waals surface area contributed by atoms with Crippen LogP contribution in [0.2, 0.25) is 0 Å². The van der Waals surface area contributed by atoms with Crippen molar-refractivity contribution >= 4 is 28.7 Å². The molecule has 2 rings (SSSR count). The van der Waals surface area contributed by atoms with Crippen LogP contribution in [0.3, 0.4) is 0 Å². The van der Waals surface area contributed by atoms with Gasteiger partial charge in [-0.25, -0.2) is 4.79 Å². The van der Waals surface area contributed by atoms with Gasteiger partial charge in [0.15, 0.2) is 6.10 Å². The Morgan fingerprint density at radius 2 is 0.911 bits per heavy atom. The molecule has 0 radical (unpaired) electrons. The summed E-state index contributed by atoms with van der Waals surface area (Å²) in [4.78, 5) is 38.6. The number of esters is 3. The van der Waals surface area contributed by atoms with E-state index in [2.05, 4.69) is 38.2 Å². The standard InChI is InChI=1S/C50H78O6/c1-3-5-7-9-11-13-15-17-19-21-23-25-27-29-31-40-48(51)54-42-45(43-55-50(53)47-39-35-37-44-36-33-34-38-46(44)47)56-49(52)41-32-30-28-26-24-22-20-18-16-14-12-10-8-6-4-2/h17-20,33-39,45H,3-16,21-32,40-43H2,1-2H3/b19-17-,20-18-. The molecule has 0 saturated carbocycles. The highest BCUT2D eigenvalue weighted by Gasteiger charge is 2.21. The van der Waals surface area contributed by atoms with Crippen LogP contribution in [0.5, 0.6) is 0 Å². The molecule has 0 saturated heterocycles. The van der Waals surface area contributed by atoms with Gasteiger partial charge >= 0.3 is 17.9 Å². The van der Waals surface area contributed by atoms with E-state index in [0.717, 1.165) is 75.0 Å². The minimum absolute atomic E-state index is 0.134. The number of allylic oxidation sites excluding steroid dienone is 4. The van der Waals surface area contributed by atoms with Gasteiger partial charge in [0.05, 0.1) is 5.56 Å². The van der Waals surface area contributed by atoms with Gasteiger partial charge in [-0.1, -0.05) is 177 Å². The molecule has 2 aromatic rings. The summed E-state index contributed by atoms with van der Waals surface area (Å²) >= 11 is 0. The predicted molar refractivity (Wildman–Crippen MR) is 234 cm³/mol. The quantitative estimate of drug-likeness (QED) is 0.0297. The van der Waals surface area contributed by atoms with Gasteiger partial charge in [-0.3, -0.25) is 9.59 Å². The summed E-state index contributed by atoms with van der Waals surface area (Å²) in [5, 5.41) is 1.73. The van der Waals surface area contributed by atoms with Gasteiger partial charge in [-0.05, 0) is 81.0 Å². The maximum absolute atomic E-state index is 13.1. The van der Waals surface area contributed by atoms with Gasteiger partial charge in [0.2, 0.25) is 0 Å². The second kappa shape index (κ2) is 34.8. The summed E-state index contributed by atoms with van der Waals surface area (Å²) in [5.41, 5.74) is 0.447. The lowest BCUT2D eigenvalue weighted by Crippen LogP contribution is -2.31. The molecule has 1 unspecified atom stereocenters. The third-order valence-electron chi connectivity index (χ3n) is 10.4. The number of ether oxygens (including phenoxy) is 3. The van der Waals surface area contributed by atoms with Gasteiger partial charge in [0, 0.05) is 12.8 Å². The van der Waals surface area contributed by atoms with Crippen LogP contribution in [0.25, 0.3) is 10.8 Å². The van der Waals surface area contributed by atoms with E-state index in [4.69, 9.17) is 14.2 Å². The first-order valence-electron chi connectivity index (χ1n) is 22.8. The Labute approximate surface area is 341 Å². The molecular weight excluding hydrogens is 697 g/mol. The zero-order valence-electron chi connectivity index (χ0n) is 35.6. The van der Waals surface area contributed by atoms with Crippen molar-refractivity contribution in [2.75, 3.05) is 13.2 Å². The molecule has 0 aliphatic carbocycles. The Morgan fingerprint density at radius 1 is 0.482 bits per heavy atom. The molecule has 6 nitrogen and oxygen atoms in total. The zero-order chi connectivity index (χ0) is 40.2. The summed E-state index contributed by atoms with van der Waals surface area (Å²) < 4.78 is 16.9. The first-order chi connectivity index (χ1) is 27.5. The molecule has 0 amide bonds. The molecular formula is C50H78O6. The Hall–Kier alpha value is -3.41. The average Bonchev–Trinajstić information content (AvgIpc) is 3.21. The van der Waals surface area contributed by atoms with Crippen molar-refractivity contribution in [3.63, 3.8) is 0 Å². The lowest BCUT2D eigenvalue weighted by Gasteiger charge is -2.18. The van der Waals surface area contributed by atoms with Gasteiger partial charge in [-0.15, -0.1) is 0 Å². The second-order valence-corrected chi connectivity index (χ2v) is 15.6. The molecule has 0 heterocycles. The summed E-state index contributed by atoms with van der Waals surface area (Å²) in [6.45, 7) is 4.20. The summed E-state index contributed by atoms with van der Waals surface area (Å²) in [6, 6.07) is 13.1. The van der Waals surface area contributed by atoms with Crippen molar-refractivity contribution in [3.8, 4) is 0 Å². The molecule has 314 valence electrons. The fraction of sp³-hybridized carbons (Fsp3) is 0.660. The topological polar surface area (TPSA) is 78.9 Å². The molecule has 6 heteroatoms. The second-order valence-electron chi connectivity index (χ2n) is 15.6. The molecule has 0 fully saturated rings. The fourth-order valence-corrected chi connectivity index (χ4v) is 6.95. The maximum Gasteiger partial charge on any atom is 0.338 e. The minimum atomic E-state index is -0.859. The molecule has 1 atom stereocenters. The SMILES string of the molecule is CCCCCCCC/C=C\CCCCCCCC(=O)OCC(COC(=O)c1cccc2ccccc12)OC(=O)CCCCCCC/C=C\CCCCCCCC. The summed E-state index contributed by atoms with van der Waals surface area (Å²) in [5.74, 6) is -1.18. The molecule has 0 aromatic heterocycles. The summed E-state index contributed by atoms with van der Waals surface area (Å²) in [7, 11) is 0. The highest BCUT2D eigenvalue weighted by atomic mass is 16.6. The van der Waals surface area contributed by atoms with E-state index in [1.807, 2.05) is 36.4 Å². The van der Waals surface area contributed by atoms with E-state index >= 15 is 0 Å². The lowest BCUT2D eigenvalue weighted by atomic mass is 10.1. The first-order valence-corrected chi connectivity index (χ1v) is 22.8. The van der Waals surface area contributed by atoms with Crippen molar-refractivity contribution in [1.82, 2.24) is 0 Å². The number of rotatable bonds is 36. The van der Waals surface area contributed by atoms with Crippen LogP contribution < -0.4 is 0 Å². The Bertz CT molecular complexity index is 1340. The van der Waals surface area contributed by atoms with Gasteiger partial charge in [0.25, 0.3) is 0 Å². The number of hydrogen-bond acceptors (Lipinski definition) is 6. The first kappa shape index (κ1) is 48.7. The number of hydrogen-bond donors (Lipinski definition) is 0. The van der Waals surface area contributed by atoms with Crippen molar-refractivity contribution in [2.24, 2.45) is 0 Å². The molecule has 2 aromatic carbocycles. The van der Waals surface area contributed by atoms with E-state index < -0.39 is 12.1 Å². The number of fused-ring (bicyclic) bond motifs is 1. The molecule has 0 aliphatic heterocycles. The van der Waals surface area contributed by atoms with Crippen LogP contribution in [0.15, 0.2) is 66.8 Å². The van der Waals surface area contributed by atoms with Crippen LogP contribution in [-0.4, -0.2) is 37.2 Å². The molecule has 0 N–H and O–H groups in total. The Morgan fingerprint density at radius 3 is 1.45 bits per heavy atom. The zero-order valence-corrected chi connectivity index (χ0v) is 35.6. The van der Waals surface area contributed by atoms with E-state index in [1.165, 1.54) is 103 Å². The van der Waals surface area contributed by atoms with Gasteiger partial charge in [-0.2, -0.15) is 0 Å². The maximum atomic E-state index is 13.1. The van der Waals surface area contributed by atoms with Crippen molar-refractivity contribution in [3.05, 3.63) is 72.3 Å². The van der Waals surface area contributed by atoms with Crippen LogP contribution >= 0.6 is 0 Å². The Kier molecular flexibility index (Phi) is 30.3. The van der Waals surface area contributed by atoms with Crippen LogP contribution in [0.4, 0.5) is 0 Å². The van der Waals surface area contributed by atoms with Crippen LogP contribution in [0.1, 0.15) is 204 Å². The molecule has 0 spiro atoms. The average molecular weight is 775 g/mol. The van der Waals surface area contributed by atoms with Crippen molar-refractivity contribution < 1.29 is 28.6 Å². The number of carbonyl (C=O) groups is 3. The van der Waals surface area contributed by atoms with Crippen molar-refractivity contribution in [2.45, 2.75) is 200 Å². The van der Waals surface area contributed by atoms with E-state index in [1.54, 1.807) is 6.07 Å². The van der Waals surface area contributed by atoms with Crippen molar-refractivity contribution in [1.29, 1.82) is 0 Å². The third-order valence-corrected chi connectivity index (χ3v) is 10.4. The predicted octanol–water partition coefficient (Wildman–Crippen LogP) is 14.5. The smallest absolute Gasteiger partial charge is 0.338 e. The number of benzene rings is 2. The van der Waals surface area contributed by atoms with Crippen LogP contribution in [0, 0.1) is 0 Å². The largest absolute Gasteiger partial charge is 0.462 e. The third kappa shape index (κ3) is 25.7. The summed E-state index contributed by atoms with van der Waals surface area (Å²) in [6.07, 6.45) is 40.0. The monoisotopic (exact) mass is 775 g/mol. The highest BCUT2D eigenvalue weighted by Crippen LogP contribution is 2.20. The van der Waals surface area contributed by atoms with E-state index in [9.17, 15) is 14.4 Å². The minimum Gasteiger partial charge on any atom is -0.462 e.